The summed E-state index contributed by atoms with van der Waals surface area (Å²) in [5.41, 5.74) is 1.94. The molecule has 3 heterocycles. The summed E-state index contributed by atoms with van der Waals surface area (Å²) in [7, 11) is 0. The first-order valence-electron chi connectivity index (χ1n) is 5.88. The summed E-state index contributed by atoms with van der Waals surface area (Å²) in [6, 6.07) is 4.13. The molecule has 0 aromatic carbocycles. The first-order valence-corrected chi connectivity index (χ1v) is 7.55. The van der Waals surface area contributed by atoms with E-state index in [0.29, 0.717) is 5.69 Å². The van der Waals surface area contributed by atoms with E-state index < -0.39 is 0 Å². The fraction of sp³-hybridized carbons (Fsp3) is 0.308. The zero-order valence-corrected chi connectivity index (χ0v) is 12.3. The fourth-order valence-electron chi connectivity index (χ4n) is 2.43. The van der Waals surface area contributed by atoms with Gasteiger partial charge in [0.05, 0.1) is 6.04 Å². The number of hydrogen-bond acceptors (Lipinski definition) is 2. The summed E-state index contributed by atoms with van der Waals surface area (Å²) in [4.78, 5) is 18.8. The lowest BCUT2D eigenvalue weighted by Crippen LogP contribution is -2.38. The Morgan fingerprint density at radius 3 is 3.17 bits per heavy atom. The topological polar surface area (TPSA) is 36.1 Å². The normalized spacial score (nSPS) is 18.8. The first kappa shape index (κ1) is 12.0. The molecule has 1 amide bonds. The Morgan fingerprint density at radius 1 is 1.61 bits per heavy atom. The molecular weight excluding hydrogens is 312 g/mol. The van der Waals surface area contributed by atoms with E-state index in [2.05, 4.69) is 39.3 Å². The van der Waals surface area contributed by atoms with E-state index in [4.69, 9.17) is 0 Å². The Morgan fingerprint density at radius 2 is 2.44 bits per heavy atom. The predicted octanol–water partition coefficient (Wildman–Crippen LogP) is 3.60. The number of halogens is 1. The summed E-state index contributed by atoms with van der Waals surface area (Å²) in [6.45, 7) is 2.89. The van der Waals surface area contributed by atoms with Gasteiger partial charge >= 0.3 is 0 Å². The lowest BCUT2D eigenvalue weighted by molar-refractivity contribution is 0.0674. The van der Waals surface area contributed by atoms with Gasteiger partial charge in [-0.2, -0.15) is 0 Å². The molecular formula is C13H13BrN2OS. The number of carbonyl (C=O) groups is 1. The Kier molecular flexibility index (Phi) is 3.03. The van der Waals surface area contributed by atoms with Crippen molar-refractivity contribution >= 4 is 33.2 Å². The molecule has 1 N–H and O–H groups in total. The molecule has 3 rings (SSSR count). The summed E-state index contributed by atoms with van der Waals surface area (Å²) in [5.74, 6) is 0.0741. The van der Waals surface area contributed by atoms with Crippen LogP contribution in [-0.2, 0) is 6.42 Å². The third kappa shape index (κ3) is 1.91. The van der Waals surface area contributed by atoms with E-state index in [-0.39, 0.29) is 11.9 Å². The highest BCUT2D eigenvalue weighted by atomic mass is 79.9. The molecule has 1 atom stereocenters. The smallest absolute Gasteiger partial charge is 0.270 e. The minimum Gasteiger partial charge on any atom is -0.356 e. The van der Waals surface area contributed by atoms with Crippen LogP contribution in [0.15, 0.2) is 28.2 Å². The minimum absolute atomic E-state index is 0.0741. The highest BCUT2D eigenvalue weighted by Crippen LogP contribution is 2.33. The molecule has 0 spiro atoms. The number of carbonyl (C=O) groups excluding carboxylic acids is 1. The molecule has 0 saturated carbocycles. The van der Waals surface area contributed by atoms with Crippen molar-refractivity contribution in [2.24, 2.45) is 0 Å². The first-order chi connectivity index (χ1) is 8.66. The molecule has 94 valence electrons. The number of nitrogens with zero attached hydrogens (tertiary/aromatic N) is 1. The van der Waals surface area contributed by atoms with E-state index in [1.54, 1.807) is 17.5 Å². The number of aromatic nitrogens is 1. The van der Waals surface area contributed by atoms with Gasteiger partial charge in [-0.25, -0.2) is 0 Å². The number of fused-ring (bicyclic) bond motifs is 1. The number of nitrogens with one attached hydrogen (secondary N) is 1. The van der Waals surface area contributed by atoms with E-state index in [0.717, 1.165) is 17.4 Å². The van der Waals surface area contributed by atoms with Gasteiger partial charge in [0.15, 0.2) is 0 Å². The van der Waals surface area contributed by atoms with Crippen molar-refractivity contribution in [1.29, 1.82) is 0 Å². The molecule has 5 heteroatoms. The van der Waals surface area contributed by atoms with Crippen molar-refractivity contribution in [1.82, 2.24) is 9.88 Å². The number of rotatable bonds is 1. The second-order valence-electron chi connectivity index (χ2n) is 4.46. The van der Waals surface area contributed by atoms with Crippen LogP contribution in [0.4, 0.5) is 0 Å². The van der Waals surface area contributed by atoms with Crippen LogP contribution in [0, 0.1) is 0 Å². The third-order valence-corrected chi connectivity index (χ3v) is 4.87. The molecule has 3 nitrogen and oxygen atoms in total. The van der Waals surface area contributed by atoms with E-state index in [1.165, 1.54) is 10.4 Å². The van der Waals surface area contributed by atoms with Crippen LogP contribution in [0.3, 0.4) is 0 Å². The molecule has 0 fully saturated rings. The molecule has 1 aliphatic rings. The van der Waals surface area contributed by atoms with Gasteiger partial charge in [-0.05, 0) is 52.4 Å². The van der Waals surface area contributed by atoms with Gasteiger partial charge in [0, 0.05) is 22.1 Å². The maximum Gasteiger partial charge on any atom is 0.270 e. The van der Waals surface area contributed by atoms with Crippen molar-refractivity contribution < 1.29 is 4.79 Å². The van der Waals surface area contributed by atoms with Gasteiger partial charge in [-0.3, -0.25) is 4.79 Å². The SMILES string of the molecule is CC1c2ccsc2CCN1C(=O)c1cc(Br)c[nH]1. The average molecular weight is 325 g/mol. The zero-order valence-electron chi connectivity index (χ0n) is 9.94. The van der Waals surface area contributed by atoms with Gasteiger partial charge in [-0.1, -0.05) is 0 Å². The Balaban J connectivity index is 1.88. The summed E-state index contributed by atoms with van der Waals surface area (Å²) in [5, 5.41) is 2.11. The van der Waals surface area contributed by atoms with Crippen molar-refractivity contribution in [3.05, 3.63) is 44.3 Å². The average Bonchev–Trinajstić information content (AvgIpc) is 2.97. The molecule has 1 aliphatic heterocycles. The minimum atomic E-state index is 0.0741. The molecule has 0 radical (unpaired) electrons. The van der Waals surface area contributed by atoms with Crippen LogP contribution in [0.2, 0.25) is 0 Å². The van der Waals surface area contributed by atoms with Gasteiger partial charge in [0.1, 0.15) is 5.69 Å². The van der Waals surface area contributed by atoms with E-state index in [1.807, 2.05) is 11.0 Å². The standard InChI is InChI=1S/C13H13BrN2OS/c1-8-10-3-5-18-12(10)2-4-16(8)13(17)11-6-9(14)7-15-11/h3,5-8,15H,2,4H2,1H3. The van der Waals surface area contributed by atoms with Crippen molar-refractivity contribution in [2.45, 2.75) is 19.4 Å². The second kappa shape index (κ2) is 4.55. The predicted molar refractivity (Wildman–Crippen MR) is 76.0 cm³/mol. The number of H-pyrrole nitrogens is 1. The summed E-state index contributed by atoms with van der Waals surface area (Å²) in [6.07, 6.45) is 2.75. The quantitative estimate of drug-likeness (QED) is 0.854. The third-order valence-electron chi connectivity index (χ3n) is 3.42. The van der Waals surface area contributed by atoms with Gasteiger partial charge in [0.2, 0.25) is 0 Å². The molecule has 18 heavy (non-hydrogen) atoms. The second-order valence-corrected chi connectivity index (χ2v) is 6.37. The number of amides is 1. The van der Waals surface area contributed by atoms with Crippen LogP contribution < -0.4 is 0 Å². The van der Waals surface area contributed by atoms with Crippen molar-refractivity contribution in [3.8, 4) is 0 Å². The van der Waals surface area contributed by atoms with Crippen LogP contribution >= 0.6 is 27.3 Å². The Hall–Kier alpha value is -1.07. The highest BCUT2D eigenvalue weighted by molar-refractivity contribution is 9.10. The van der Waals surface area contributed by atoms with Crippen LogP contribution in [0.5, 0.6) is 0 Å². The lowest BCUT2D eigenvalue weighted by atomic mass is 10.0. The lowest BCUT2D eigenvalue weighted by Gasteiger charge is -2.33. The van der Waals surface area contributed by atoms with Crippen molar-refractivity contribution in [3.63, 3.8) is 0 Å². The zero-order chi connectivity index (χ0) is 12.7. The number of thiophene rings is 1. The Labute approximate surface area is 118 Å². The maximum absolute atomic E-state index is 12.4. The van der Waals surface area contributed by atoms with Crippen molar-refractivity contribution in [2.75, 3.05) is 6.54 Å². The monoisotopic (exact) mass is 324 g/mol. The highest BCUT2D eigenvalue weighted by Gasteiger charge is 2.29. The Bertz CT molecular complexity index is 589. The van der Waals surface area contributed by atoms with Gasteiger partial charge in [-0.15, -0.1) is 11.3 Å². The largest absolute Gasteiger partial charge is 0.356 e. The molecule has 1 unspecified atom stereocenters. The van der Waals surface area contributed by atoms with Crippen LogP contribution in [0.1, 0.15) is 33.9 Å². The summed E-state index contributed by atoms with van der Waals surface area (Å²) < 4.78 is 0.909. The van der Waals surface area contributed by atoms with E-state index >= 15 is 0 Å². The number of hydrogen-bond donors (Lipinski definition) is 1. The molecule has 0 aliphatic carbocycles. The molecule has 0 bridgehead atoms. The molecule has 0 saturated heterocycles. The summed E-state index contributed by atoms with van der Waals surface area (Å²) >= 11 is 5.15. The maximum atomic E-state index is 12.4. The van der Waals surface area contributed by atoms with E-state index in [9.17, 15) is 4.79 Å². The molecule has 2 aromatic rings. The molecule has 2 aromatic heterocycles. The fourth-order valence-corrected chi connectivity index (χ4v) is 3.74. The number of aromatic amines is 1. The van der Waals surface area contributed by atoms with Gasteiger partial charge in [0.25, 0.3) is 5.91 Å². The van der Waals surface area contributed by atoms with Gasteiger partial charge < -0.3 is 9.88 Å². The van der Waals surface area contributed by atoms with Crippen LogP contribution in [0.25, 0.3) is 0 Å². The van der Waals surface area contributed by atoms with Crippen LogP contribution in [-0.4, -0.2) is 22.3 Å².